The SMILES string of the molecule is CCOC(=O)N1CCN(C(=O)[C@@H]2CCCN2C(=O)OC(C)(C)C)CC1. The molecule has 2 saturated heterocycles. The smallest absolute Gasteiger partial charge is 0.410 e. The molecular formula is C17H29N3O5. The number of carbonyl (C=O) groups excluding carboxylic acids is 3. The van der Waals surface area contributed by atoms with Crippen molar-refractivity contribution >= 4 is 18.1 Å². The summed E-state index contributed by atoms with van der Waals surface area (Å²) >= 11 is 0. The molecule has 0 bridgehead atoms. The van der Waals surface area contributed by atoms with Gasteiger partial charge in [0, 0.05) is 32.7 Å². The highest BCUT2D eigenvalue weighted by Gasteiger charge is 2.39. The number of ether oxygens (including phenoxy) is 2. The van der Waals surface area contributed by atoms with Gasteiger partial charge in [-0.2, -0.15) is 0 Å². The molecule has 0 aromatic heterocycles. The number of hydrogen-bond donors (Lipinski definition) is 0. The molecule has 2 heterocycles. The molecule has 25 heavy (non-hydrogen) atoms. The maximum Gasteiger partial charge on any atom is 0.410 e. The summed E-state index contributed by atoms with van der Waals surface area (Å²) in [4.78, 5) is 41.8. The van der Waals surface area contributed by atoms with Crippen LogP contribution in [0.1, 0.15) is 40.5 Å². The summed E-state index contributed by atoms with van der Waals surface area (Å²) in [7, 11) is 0. The van der Waals surface area contributed by atoms with E-state index in [2.05, 4.69) is 0 Å². The number of amides is 3. The van der Waals surface area contributed by atoms with Crippen LogP contribution in [0.4, 0.5) is 9.59 Å². The minimum atomic E-state index is -0.585. The van der Waals surface area contributed by atoms with Crippen LogP contribution in [0.25, 0.3) is 0 Å². The third kappa shape index (κ3) is 4.99. The van der Waals surface area contributed by atoms with Gasteiger partial charge in [-0.15, -0.1) is 0 Å². The lowest BCUT2D eigenvalue weighted by Gasteiger charge is -2.37. The Hall–Kier alpha value is -1.99. The quantitative estimate of drug-likeness (QED) is 0.753. The zero-order valence-corrected chi connectivity index (χ0v) is 15.6. The summed E-state index contributed by atoms with van der Waals surface area (Å²) in [6.45, 7) is 9.88. The van der Waals surface area contributed by atoms with Gasteiger partial charge in [0.15, 0.2) is 0 Å². The molecule has 0 radical (unpaired) electrons. The Morgan fingerprint density at radius 2 is 1.56 bits per heavy atom. The summed E-state index contributed by atoms with van der Waals surface area (Å²) in [5.74, 6) is -0.0631. The van der Waals surface area contributed by atoms with Gasteiger partial charge in [-0.1, -0.05) is 0 Å². The number of hydrogen-bond acceptors (Lipinski definition) is 5. The van der Waals surface area contributed by atoms with E-state index >= 15 is 0 Å². The third-order valence-corrected chi connectivity index (χ3v) is 4.28. The van der Waals surface area contributed by atoms with E-state index in [0.717, 1.165) is 6.42 Å². The lowest BCUT2D eigenvalue weighted by atomic mass is 10.1. The Morgan fingerprint density at radius 3 is 2.12 bits per heavy atom. The molecular weight excluding hydrogens is 326 g/mol. The number of likely N-dealkylation sites (tertiary alicyclic amines) is 1. The topological polar surface area (TPSA) is 79.4 Å². The average Bonchev–Trinajstić information content (AvgIpc) is 3.02. The van der Waals surface area contributed by atoms with E-state index in [1.54, 1.807) is 16.7 Å². The van der Waals surface area contributed by atoms with Crippen molar-refractivity contribution < 1.29 is 23.9 Å². The largest absolute Gasteiger partial charge is 0.450 e. The van der Waals surface area contributed by atoms with E-state index in [0.29, 0.717) is 45.8 Å². The Kier molecular flexibility index (Phi) is 6.13. The number of rotatable bonds is 2. The van der Waals surface area contributed by atoms with Crippen molar-refractivity contribution in [1.82, 2.24) is 14.7 Å². The highest BCUT2D eigenvalue weighted by molar-refractivity contribution is 5.86. The molecule has 0 saturated carbocycles. The molecule has 1 atom stereocenters. The number of nitrogens with zero attached hydrogens (tertiary/aromatic N) is 3. The fourth-order valence-corrected chi connectivity index (χ4v) is 3.10. The molecule has 2 aliphatic heterocycles. The van der Waals surface area contributed by atoms with Gasteiger partial charge in [-0.3, -0.25) is 9.69 Å². The second-order valence-corrected chi connectivity index (χ2v) is 7.34. The van der Waals surface area contributed by atoms with Crippen LogP contribution >= 0.6 is 0 Å². The molecule has 0 aromatic carbocycles. The van der Waals surface area contributed by atoms with E-state index in [9.17, 15) is 14.4 Å². The van der Waals surface area contributed by atoms with Gasteiger partial charge in [0.2, 0.25) is 5.91 Å². The Morgan fingerprint density at radius 1 is 0.960 bits per heavy atom. The van der Waals surface area contributed by atoms with Crippen molar-refractivity contribution in [3.05, 3.63) is 0 Å². The molecule has 0 aliphatic carbocycles. The van der Waals surface area contributed by atoms with Crippen molar-refractivity contribution in [2.24, 2.45) is 0 Å². The van der Waals surface area contributed by atoms with Gasteiger partial charge in [0.05, 0.1) is 6.61 Å². The Labute approximate surface area is 149 Å². The van der Waals surface area contributed by atoms with Gasteiger partial charge in [-0.25, -0.2) is 9.59 Å². The van der Waals surface area contributed by atoms with Gasteiger partial charge in [0.25, 0.3) is 0 Å². The molecule has 2 rings (SSSR count). The van der Waals surface area contributed by atoms with Crippen molar-refractivity contribution in [3.63, 3.8) is 0 Å². The molecule has 2 fully saturated rings. The summed E-state index contributed by atoms with van der Waals surface area (Å²) in [6.07, 6.45) is 0.661. The van der Waals surface area contributed by atoms with Crippen LogP contribution < -0.4 is 0 Å². The zero-order chi connectivity index (χ0) is 18.6. The minimum absolute atomic E-state index is 0.0631. The molecule has 0 N–H and O–H groups in total. The lowest BCUT2D eigenvalue weighted by molar-refractivity contribution is -0.137. The molecule has 0 aromatic rings. The summed E-state index contributed by atoms with van der Waals surface area (Å²) < 4.78 is 10.4. The van der Waals surface area contributed by atoms with Crippen molar-refractivity contribution in [3.8, 4) is 0 Å². The third-order valence-electron chi connectivity index (χ3n) is 4.28. The van der Waals surface area contributed by atoms with E-state index in [4.69, 9.17) is 9.47 Å². The first-order valence-corrected chi connectivity index (χ1v) is 8.93. The molecule has 8 heteroatoms. The van der Waals surface area contributed by atoms with E-state index in [-0.39, 0.29) is 12.0 Å². The first-order chi connectivity index (χ1) is 11.7. The minimum Gasteiger partial charge on any atom is -0.450 e. The molecule has 3 amide bonds. The van der Waals surface area contributed by atoms with Crippen LogP contribution in [-0.2, 0) is 14.3 Å². The molecule has 0 spiro atoms. The summed E-state index contributed by atoms with van der Waals surface area (Å²) in [5.41, 5.74) is -0.585. The van der Waals surface area contributed by atoms with Crippen LogP contribution in [0.3, 0.4) is 0 Å². The van der Waals surface area contributed by atoms with Crippen LogP contribution in [0.2, 0.25) is 0 Å². The second-order valence-electron chi connectivity index (χ2n) is 7.34. The predicted octanol–water partition coefficient (Wildman–Crippen LogP) is 1.69. The average molecular weight is 355 g/mol. The maximum absolute atomic E-state index is 12.8. The van der Waals surface area contributed by atoms with Gasteiger partial charge in [0.1, 0.15) is 11.6 Å². The predicted molar refractivity (Wildman–Crippen MR) is 91.1 cm³/mol. The highest BCUT2D eigenvalue weighted by atomic mass is 16.6. The number of carbonyl (C=O) groups is 3. The highest BCUT2D eigenvalue weighted by Crippen LogP contribution is 2.23. The van der Waals surface area contributed by atoms with E-state index in [1.807, 2.05) is 20.8 Å². The number of piperazine rings is 1. The summed E-state index contributed by atoms with van der Waals surface area (Å²) in [5, 5.41) is 0. The normalized spacial score (nSPS) is 21.3. The summed E-state index contributed by atoms with van der Waals surface area (Å²) in [6, 6.07) is -0.469. The van der Waals surface area contributed by atoms with Crippen LogP contribution in [0.15, 0.2) is 0 Å². The van der Waals surface area contributed by atoms with Crippen LogP contribution in [-0.4, -0.2) is 83.8 Å². The van der Waals surface area contributed by atoms with E-state index < -0.39 is 17.7 Å². The monoisotopic (exact) mass is 355 g/mol. The van der Waals surface area contributed by atoms with E-state index in [1.165, 1.54) is 4.90 Å². The fraction of sp³-hybridized carbons (Fsp3) is 0.824. The molecule has 0 unspecified atom stereocenters. The standard InChI is InChI=1S/C17H29N3O5/c1-5-24-15(22)19-11-9-18(10-12-19)14(21)13-7-6-8-20(13)16(23)25-17(2,3)4/h13H,5-12H2,1-4H3/t13-/m0/s1. The first-order valence-electron chi connectivity index (χ1n) is 8.93. The van der Waals surface area contributed by atoms with Gasteiger partial charge >= 0.3 is 12.2 Å². The molecule has 142 valence electrons. The van der Waals surface area contributed by atoms with Crippen LogP contribution in [0.5, 0.6) is 0 Å². The van der Waals surface area contributed by atoms with Gasteiger partial charge in [-0.05, 0) is 40.5 Å². The fourth-order valence-electron chi connectivity index (χ4n) is 3.10. The van der Waals surface area contributed by atoms with Crippen molar-refractivity contribution in [2.75, 3.05) is 39.3 Å². The first kappa shape index (κ1) is 19.3. The maximum atomic E-state index is 12.8. The molecule has 2 aliphatic rings. The lowest BCUT2D eigenvalue weighted by Crippen LogP contribution is -2.55. The Balaban J connectivity index is 1.92. The van der Waals surface area contributed by atoms with Crippen LogP contribution in [0, 0.1) is 0 Å². The van der Waals surface area contributed by atoms with Crippen molar-refractivity contribution in [2.45, 2.75) is 52.2 Å². The second kappa shape index (κ2) is 7.93. The van der Waals surface area contributed by atoms with Crippen molar-refractivity contribution in [1.29, 1.82) is 0 Å². The Bertz CT molecular complexity index is 509. The van der Waals surface area contributed by atoms with Gasteiger partial charge < -0.3 is 19.3 Å². The molecule has 8 nitrogen and oxygen atoms in total. The zero-order valence-electron chi connectivity index (χ0n) is 15.6.